The van der Waals surface area contributed by atoms with Crippen LogP contribution in [0.5, 0.6) is 11.5 Å². The third kappa shape index (κ3) is 1.75. The zero-order valence-electron chi connectivity index (χ0n) is 10.3. The molecule has 0 saturated carbocycles. The quantitative estimate of drug-likeness (QED) is 0.773. The Morgan fingerprint density at radius 2 is 2.35 bits per heavy atom. The topological polar surface area (TPSA) is 18.5 Å². The number of alkyl halides is 1. The summed E-state index contributed by atoms with van der Waals surface area (Å²) in [5.74, 6) is 2.19. The third-order valence-electron chi connectivity index (χ3n) is 3.55. The van der Waals surface area contributed by atoms with Gasteiger partial charge in [0.05, 0.1) is 6.61 Å². The van der Waals surface area contributed by atoms with Crippen molar-refractivity contribution in [2.75, 3.05) is 6.61 Å². The number of halogens is 1. The standard InChI is InChI=1S/C14H17BrO2/c1-3-16-12-7-9-6-8(2)17-14(9)13-10(12)4-5-11(13)15/h7-8,11H,3-6H2,1-2H3. The highest BCUT2D eigenvalue weighted by atomic mass is 79.9. The number of rotatable bonds is 2. The first-order valence-corrected chi connectivity index (χ1v) is 7.24. The maximum absolute atomic E-state index is 5.97. The van der Waals surface area contributed by atoms with Crippen molar-refractivity contribution in [2.24, 2.45) is 0 Å². The van der Waals surface area contributed by atoms with Gasteiger partial charge in [-0.15, -0.1) is 0 Å². The van der Waals surface area contributed by atoms with Crippen molar-refractivity contribution < 1.29 is 9.47 Å². The van der Waals surface area contributed by atoms with E-state index in [0.717, 1.165) is 37.4 Å². The van der Waals surface area contributed by atoms with Crippen LogP contribution in [0.3, 0.4) is 0 Å². The molecule has 1 aliphatic heterocycles. The highest BCUT2D eigenvalue weighted by Gasteiger charge is 2.33. The van der Waals surface area contributed by atoms with E-state index in [9.17, 15) is 0 Å². The average molecular weight is 297 g/mol. The van der Waals surface area contributed by atoms with Gasteiger partial charge < -0.3 is 9.47 Å². The molecule has 2 nitrogen and oxygen atoms in total. The number of fused-ring (bicyclic) bond motifs is 3. The van der Waals surface area contributed by atoms with Crippen molar-refractivity contribution in [3.8, 4) is 11.5 Å². The van der Waals surface area contributed by atoms with Crippen LogP contribution in [-0.4, -0.2) is 12.7 Å². The molecule has 3 rings (SSSR count). The molecule has 3 heteroatoms. The molecule has 1 aromatic carbocycles. The second-order valence-electron chi connectivity index (χ2n) is 4.83. The third-order valence-corrected chi connectivity index (χ3v) is 4.47. The number of benzene rings is 1. The first-order valence-electron chi connectivity index (χ1n) is 6.32. The van der Waals surface area contributed by atoms with Gasteiger partial charge in [0, 0.05) is 27.9 Å². The summed E-state index contributed by atoms with van der Waals surface area (Å²) in [6.07, 6.45) is 3.53. The van der Waals surface area contributed by atoms with Gasteiger partial charge in [0.25, 0.3) is 0 Å². The molecule has 0 amide bonds. The molecule has 0 aromatic heterocycles. The first-order chi connectivity index (χ1) is 8.20. The zero-order valence-corrected chi connectivity index (χ0v) is 11.8. The Morgan fingerprint density at radius 1 is 1.53 bits per heavy atom. The first kappa shape index (κ1) is 11.4. The summed E-state index contributed by atoms with van der Waals surface area (Å²) in [5.41, 5.74) is 4.00. The van der Waals surface area contributed by atoms with Crippen LogP contribution in [0.15, 0.2) is 6.07 Å². The Bertz CT molecular complexity index is 456. The molecule has 1 aromatic rings. The fourth-order valence-electron chi connectivity index (χ4n) is 2.89. The minimum absolute atomic E-state index is 0.297. The van der Waals surface area contributed by atoms with E-state index in [1.165, 1.54) is 16.7 Å². The molecule has 0 bridgehead atoms. The number of ether oxygens (including phenoxy) is 2. The van der Waals surface area contributed by atoms with Gasteiger partial charge in [-0.05, 0) is 32.8 Å². The lowest BCUT2D eigenvalue weighted by atomic mass is 10.0. The van der Waals surface area contributed by atoms with Gasteiger partial charge in [-0.2, -0.15) is 0 Å². The average Bonchev–Trinajstić information content (AvgIpc) is 2.82. The molecule has 0 saturated heterocycles. The smallest absolute Gasteiger partial charge is 0.127 e. The minimum atomic E-state index is 0.297. The van der Waals surface area contributed by atoms with Crippen LogP contribution >= 0.6 is 15.9 Å². The summed E-state index contributed by atoms with van der Waals surface area (Å²) in [6.45, 7) is 4.90. The second-order valence-corrected chi connectivity index (χ2v) is 5.93. The van der Waals surface area contributed by atoms with Crippen LogP contribution in [0, 0.1) is 0 Å². The molecule has 2 aliphatic rings. The summed E-state index contributed by atoms with van der Waals surface area (Å²) in [6, 6.07) is 2.19. The van der Waals surface area contributed by atoms with Crippen molar-refractivity contribution in [2.45, 2.75) is 44.0 Å². The van der Waals surface area contributed by atoms with E-state index in [4.69, 9.17) is 9.47 Å². The van der Waals surface area contributed by atoms with Crippen LogP contribution in [0.25, 0.3) is 0 Å². The Morgan fingerprint density at radius 3 is 3.12 bits per heavy atom. The summed E-state index contributed by atoms with van der Waals surface area (Å²) in [7, 11) is 0. The number of hydrogen-bond donors (Lipinski definition) is 0. The van der Waals surface area contributed by atoms with Gasteiger partial charge in [0.15, 0.2) is 0 Å². The lowest BCUT2D eigenvalue weighted by molar-refractivity contribution is 0.252. The van der Waals surface area contributed by atoms with Crippen LogP contribution in [0.1, 0.15) is 41.8 Å². The zero-order chi connectivity index (χ0) is 12.0. The van der Waals surface area contributed by atoms with Crippen LogP contribution in [0.4, 0.5) is 0 Å². The molecular weight excluding hydrogens is 280 g/mol. The van der Waals surface area contributed by atoms with E-state index in [0.29, 0.717) is 10.9 Å². The predicted molar refractivity (Wildman–Crippen MR) is 71.4 cm³/mol. The monoisotopic (exact) mass is 296 g/mol. The highest BCUT2D eigenvalue weighted by molar-refractivity contribution is 9.09. The van der Waals surface area contributed by atoms with Crippen LogP contribution < -0.4 is 9.47 Å². The van der Waals surface area contributed by atoms with Crippen molar-refractivity contribution in [1.82, 2.24) is 0 Å². The Labute approximate surface area is 110 Å². The highest BCUT2D eigenvalue weighted by Crippen LogP contribution is 2.50. The molecule has 0 spiro atoms. The lowest BCUT2D eigenvalue weighted by Gasteiger charge is -2.14. The normalized spacial score (nSPS) is 25.4. The van der Waals surface area contributed by atoms with Gasteiger partial charge in [-0.1, -0.05) is 15.9 Å². The summed E-state index contributed by atoms with van der Waals surface area (Å²) >= 11 is 3.76. The molecule has 17 heavy (non-hydrogen) atoms. The van der Waals surface area contributed by atoms with Crippen molar-refractivity contribution in [3.63, 3.8) is 0 Å². The van der Waals surface area contributed by atoms with Gasteiger partial charge in [-0.3, -0.25) is 0 Å². The van der Waals surface area contributed by atoms with E-state index < -0.39 is 0 Å². The van der Waals surface area contributed by atoms with Crippen LogP contribution in [-0.2, 0) is 12.8 Å². The molecule has 92 valence electrons. The van der Waals surface area contributed by atoms with Crippen molar-refractivity contribution in [3.05, 3.63) is 22.8 Å². The lowest BCUT2D eigenvalue weighted by Crippen LogP contribution is -2.06. The Hall–Kier alpha value is -0.700. The Kier molecular flexibility index (Phi) is 2.81. The largest absolute Gasteiger partial charge is 0.494 e. The van der Waals surface area contributed by atoms with E-state index in [1.807, 2.05) is 6.92 Å². The van der Waals surface area contributed by atoms with E-state index >= 15 is 0 Å². The molecule has 2 atom stereocenters. The van der Waals surface area contributed by atoms with E-state index in [1.54, 1.807) is 0 Å². The van der Waals surface area contributed by atoms with Gasteiger partial charge in [0.2, 0.25) is 0 Å². The molecule has 1 aliphatic carbocycles. The molecule has 0 fully saturated rings. The van der Waals surface area contributed by atoms with Crippen molar-refractivity contribution >= 4 is 15.9 Å². The van der Waals surface area contributed by atoms with Crippen molar-refractivity contribution in [1.29, 1.82) is 0 Å². The minimum Gasteiger partial charge on any atom is -0.494 e. The summed E-state index contributed by atoms with van der Waals surface area (Å²) in [5, 5.41) is 0. The molecule has 2 unspecified atom stereocenters. The van der Waals surface area contributed by atoms with Gasteiger partial charge in [-0.25, -0.2) is 0 Å². The Balaban J connectivity index is 2.14. The molecule has 0 N–H and O–H groups in total. The SMILES string of the molecule is CCOc1cc2c(c3c1CCC3Br)OC(C)C2. The van der Waals surface area contributed by atoms with E-state index in [2.05, 4.69) is 28.9 Å². The maximum atomic E-state index is 5.97. The predicted octanol–water partition coefficient (Wildman–Crippen LogP) is 3.79. The molecule has 0 radical (unpaired) electrons. The van der Waals surface area contributed by atoms with Gasteiger partial charge >= 0.3 is 0 Å². The second kappa shape index (κ2) is 4.20. The fourth-order valence-corrected chi connectivity index (χ4v) is 3.60. The van der Waals surface area contributed by atoms with E-state index in [-0.39, 0.29) is 0 Å². The molecular formula is C14H17BrO2. The summed E-state index contributed by atoms with van der Waals surface area (Å²) in [4.78, 5) is 0.428. The maximum Gasteiger partial charge on any atom is 0.127 e. The number of hydrogen-bond acceptors (Lipinski definition) is 2. The fraction of sp³-hybridized carbons (Fsp3) is 0.571. The van der Waals surface area contributed by atoms with Gasteiger partial charge in [0.1, 0.15) is 17.6 Å². The summed E-state index contributed by atoms with van der Waals surface area (Å²) < 4.78 is 11.7. The molecule has 1 heterocycles. The van der Waals surface area contributed by atoms with Crippen LogP contribution in [0.2, 0.25) is 0 Å².